The summed E-state index contributed by atoms with van der Waals surface area (Å²) in [5.41, 5.74) is 3.20. The van der Waals surface area contributed by atoms with Crippen LogP contribution in [-0.2, 0) is 11.2 Å². The largest absolute Gasteiger partial charge is 0.309 e. The van der Waals surface area contributed by atoms with Crippen LogP contribution < -0.4 is 5.56 Å². The van der Waals surface area contributed by atoms with Gasteiger partial charge in [-0.15, -0.1) is 21.5 Å². The number of aromatic amines is 1. The van der Waals surface area contributed by atoms with Gasteiger partial charge in [-0.3, -0.25) is 9.36 Å². The van der Waals surface area contributed by atoms with E-state index in [1.54, 1.807) is 11.8 Å². The molecule has 0 aliphatic heterocycles. The van der Waals surface area contributed by atoms with Crippen molar-refractivity contribution in [3.8, 4) is 11.4 Å². The first kappa shape index (κ1) is 21.4. The second-order valence-corrected chi connectivity index (χ2v) is 11.2. The molecule has 8 heteroatoms. The number of thiophene rings is 1. The SMILES string of the molecule is CC(C)(C)c1ccc(-c2nnc(SCc3nc4ccsc4c(=O)[nH]3)n2C2CCCC2)cc1. The van der Waals surface area contributed by atoms with E-state index in [1.807, 2.05) is 11.4 Å². The Morgan fingerprint density at radius 3 is 2.59 bits per heavy atom. The molecule has 0 unspecified atom stereocenters. The zero-order valence-electron chi connectivity index (χ0n) is 18.6. The summed E-state index contributed by atoms with van der Waals surface area (Å²) in [4.78, 5) is 19.8. The van der Waals surface area contributed by atoms with Gasteiger partial charge < -0.3 is 4.98 Å². The predicted octanol–water partition coefficient (Wildman–Crippen LogP) is 5.95. The fourth-order valence-corrected chi connectivity index (χ4v) is 5.91. The molecule has 166 valence electrons. The lowest BCUT2D eigenvalue weighted by molar-refractivity contribution is 0.485. The van der Waals surface area contributed by atoms with Crippen molar-refractivity contribution in [3.63, 3.8) is 0 Å². The summed E-state index contributed by atoms with van der Waals surface area (Å²) in [6.45, 7) is 6.68. The van der Waals surface area contributed by atoms with Gasteiger partial charge in [-0.2, -0.15) is 0 Å². The molecule has 6 nitrogen and oxygen atoms in total. The van der Waals surface area contributed by atoms with Gasteiger partial charge in [0.05, 0.1) is 11.3 Å². The van der Waals surface area contributed by atoms with Crippen LogP contribution in [-0.4, -0.2) is 24.7 Å². The van der Waals surface area contributed by atoms with Crippen LogP contribution in [0.3, 0.4) is 0 Å². The van der Waals surface area contributed by atoms with Crippen molar-refractivity contribution in [2.24, 2.45) is 0 Å². The van der Waals surface area contributed by atoms with E-state index in [-0.39, 0.29) is 11.0 Å². The van der Waals surface area contributed by atoms with Crippen molar-refractivity contribution in [3.05, 3.63) is 57.5 Å². The molecule has 1 aromatic carbocycles. The molecule has 1 aliphatic carbocycles. The van der Waals surface area contributed by atoms with Crippen LogP contribution in [0.5, 0.6) is 0 Å². The average Bonchev–Trinajstić information content (AvgIpc) is 3.51. The van der Waals surface area contributed by atoms with Crippen molar-refractivity contribution in [2.45, 2.75) is 68.8 Å². The topological polar surface area (TPSA) is 76.5 Å². The molecule has 1 saturated carbocycles. The number of nitrogens with one attached hydrogen (secondary N) is 1. The summed E-state index contributed by atoms with van der Waals surface area (Å²) in [5, 5.41) is 11.9. The number of hydrogen-bond donors (Lipinski definition) is 1. The number of rotatable bonds is 5. The van der Waals surface area contributed by atoms with Gasteiger partial charge in [-0.05, 0) is 35.3 Å². The van der Waals surface area contributed by atoms with E-state index in [4.69, 9.17) is 0 Å². The molecule has 1 N–H and O–H groups in total. The molecule has 4 aromatic rings. The normalized spacial score (nSPS) is 15.1. The molecular formula is C24H27N5OS2. The van der Waals surface area contributed by atoms with Gasteiger partial charge in [0.25, 0.3) is 5.56 Å². The standard InChI is InChI=1S/C24H27N5OS2/c1-24(2,3)16-10-8-15(9-11-16)21-27-28-23(29(21)17-6-4-5-7-17)32-14-19-25-18-12-13-31-20(18)22(30)26-19/h8-13,17H,4-7,14H2,1-3H3,(H,25,26,30). The molecule has 5 rings (SSSR count). The number of nitrogens with zero attached hydrogens (tertiary/aromatic N) is 4. The van der Waals surface area contributed by atoms with Crippen molar-refractivity contribution >= 4 is 33.3 Å². The van der Waals surface area contributed by atoms with Gasteiger partial charge in [0, 0.05) is 11.6 Å². The van der Waals surface area contributed by atoms with Gasteiger partial charge >= 0.3 is 0 Å². The molecule has 1 aliphatic rings. The lowest BCUT2D eigenvalue weighted by Gasteiger charge is -2.20. The Bertz CT molecular complexity index is 1290. The maximum Gasteiger partial charge on any atom is 0.268 e. The Labute approximate surface area is 195 Å². The summed E-state index contributed by atoms with van der Waals surface area (Å²) in [7, 11) is 0. The first-order chi connectivity index (χ1) is 15.4. The van der Waals surface area contributed by atoms with Crippen LogP contribution in [0.25, 0.3) is 21.6 Å². The van der Waals surface area contributed by atoms with Crippen LogP contribution in [0.4, 0.5) is 0 Å². The minimum absolute atomic E-state index is 0.0718. The summed E-state index contributed by atoms with van der Waals surface area (Å²) in [6, 6.07) is 11.0. The fourth-order valence-electron chi connectivity index (χ4n) is 4.31. The molecule has 0 spiro atoms. The molecule has 0 bridgehead atoms. The summed E-state index contributed by atoms with van der Waals surface area (Å²) in [6.07, 6.45) is 4.77. The predicted molar refractivity (Wildman–Crippen MR) is 131 cm³/mol. The highest BCUT2D eigenvalue weighted by Gasteiger charge is 2.25. The van der Waals surface area contributed by atoms with Gasteiger partial charge in [-0.1, -0.05) is 69.6 Å². The summed E-state index contributed by atoms with van der Waals surface area (Å²) < 4.78 is 2.99. The fraction of sp³-hybridized carbons (Fsp3) is 0.417. The van der Waals surface area contributed by atoms with Crippen LogP contribution >= 0.6 is 23.1 Å². The molecule has 3 aromatic heterocycles. The van der Waals surface area contributed by atoms with Crippen LogP contribution in [0.15, 0.2) is 45.7 Å². The Hall–Kier alpha value is -2.45. The van der Waals surface area contributed by atoms with Crippen LogP contribution in [0.1, 0.15) is 63.9 Å². The maximum atomic E-state index is 12.3. The van der Waals surface area contributed by atoms with Crippen molar-refractivity contribution < 1.29 is 0 Å². The van der Waals surface area contributed by atoms with E-state index in [2.05, 4.69) is 69.8 Å². The second kappa shape index (κ2) is 8.48. The molecule has 0 atom stereocenters. The van der Waals surface area contributed by atoms with Gasteiger partial charge in [-0.25, -0.2) is 4.98 Å². The Kier molecular flexibility index (Phi) is 5.67. The maximum absolute atomic E-state index is 12.3. The monoisotopic (exact) mass is 465 g/mol. The van der Waals surface area contributed by atoms with E-state index in [1.165, 1.54) is 29.7 Å². The second-order valence-electron chi connectivity index (χ2n) is 9.38. The zero-order valence-corrected chi connectivity index (χ0v) is 20.2. The van der Waals surface area contributed by atoms with Crippen molar-refractivity contribution in [1.29, 1.82) is 0 Å². The number of H-pyrrole nitrogens is 1. The van der Waals surface area contributed by atoms with Crippen LogP contribution in [0, 0.1) is 0 Å². The molecule has 1 fully saturated rings. The number of benzene rings is 1. The highest BCUT2D eigenvalue weighted by atomic mass is 32.2. The quantitative estimate of drug-likeness (QED) is 0.369. The van der Waals surface area contributed by atoms with E-state index >= 15 is 0 Å². The Balaban J connectivity index is 1.46. The lowest BCUT2D eigenvalue weighted by Crippen LogP contribution is -2.12. The first-order valence-electron chi connectivity index (χ1n) is 11.1. The first-order valence-corrected chi connectivity index (χ1v) is 12.9. The van der Waals surface area contributed by atoms with Crippen molar-refractivity contribution in [2.75, 3.05) is 0 Å². The van der Waals surface area contributed by atoms with Crippen molar-refractivity contribution in [1.82, 2.24) is 24.7 Å². The zero-order chi connectivity index (χ0) is 22.3. The van der Waals surface area contributed by atoms with E-state index in [0.29, 0.717) is 22.3 Å². The number of fused-ring (bicyclic) bond motifs is 1. The molecule has 0 amide bonds. The third-order valence-electron chi connectivity index (χ3n) is 6.07. The average molecular weight is 466 g/mol. The van der Waals surface area contributed by atoms with Gasteiger partial charge in [0.2, 0.25) is 0 Å². The third kappa shape index (κ3) is 4.13. The number of thioether (sulfide) groups is 1. The van der Waals surface area contributed by atoms with E-state index in [0.717, 1.165) is 34.9 Å². The van der Waals surface area contributed by atoms with E-state index < -0.39 is 0 Å². The highest BCUT2D eigenvalue weighted by Crippen LogP contribution is 2.37. The van der Waals surface area contributed by atoms with Gasteiger partial charge in [0.1, 0.15) is 10.5 Å². The van der Waals surface area contributed by atoms with Gasteiger partial charge in [0.15, 0.2) is 11.0 Å². The number of aromatic nitrogens is 5. The molecule has 3 heterocycles. The van der Waals surface area contributed by atoms with E-state index in [9.17, 15) is 4.79 Å². The molecular weight excluding hydrogens is 438 g/mol. The molecule has 0 radical (unpaired) electrons. The Morgan fingerprint density at radius 1 is 1.12 bits per heavy atom. The van der Waals surface area contributed by atoms with Crippen LogP contribution in [0.2, 0.25) is 0 Å². The third-order valence-corrected chi connectivity index (χ3v) is 7.92. The Morgan fingerprint density at radius 2 is 1.88 bits per heavy atom. The lowest BCUT2D eigenvalue weighted by atomic mass is 9.86. The minimum Gasteiger partial charge on any atom is -0.309 e. The smallest absolute Gasteiger partial charge is 0.268 e. The highest BCUT2D eigenvalue weighted by molar-refractivity contribution is 7.98. The molecule has 32 heavy (non-hydrogen) atoms. The minimum atomic E-state index is -0.0718. The molecule has 0 saturated heterocycles. The summed E-state index contributed by atoms with van der Waals surface area (Å²) >= 11 is 3.01. The summed E-state index contributed by atoms with van der Waals surface area (Å²) in [5.74, 6) is 2.15. The number of hydrogen-bond acceptors (Lipinski definition) is 6.